The summed E-state index contributed by atoms with van der Waals surface area (Å²) >= 11 is 0. The fraction of sp³-hybridized carbons (Fsp3) is 0.0500. The number of nitrogens with one attached hydrogen (secondary N) is 2. The first-order valence-electron chi connectivity index (χ1n) is 8.43. The third-order valence-corrected chi connectivity index (χ3v) is 5.44. The third-order valence-electron chi connectivity index (χ3n) is 4.05. The highest BCUT2D eigenvalue weighted by Gasteiger charge is 2.25. The number of halogens is 3. The Hall–Kier alpha value is -3.53. The van der Waals surface area contributed by atoms with Gasteiger partial charge in [0.2, 0.25) is 0 Å². The lowest BCUT2D eigenvalue weighted by atomic mass is 10.1. The Kier molecular flexibility index (Phi) is 5.97. The molecule has 0 aliphatic heterocycles. The molecule has 3 rings (SSSR count). The van der Waals surface area contributed by atoms with Gasteiger partial charge in [0.1, 0.15) is 10.6 Å². The van der Waals surface area contributed by atoms with Crippen molar-refractivity contribution in [3.05, 3.63) is 83.7 Å². The number of anilines is 2. The van der Waals surface area contributed by atoms with E-state index in [1.807, 2.05) is 4.72 Å². The molecule has 2 N–H and O–H groups in total. The predicted molar refractivity (Wildman–Crippen MR) is 105 cm³/mol. The highest BCUT2D eigenvalue weighted by Crippen LogP contribution is 2.25. The molecule has 0 saturated heterocycles. The van der Waals surface area contributed by atoms with E-state index in [0.717, 1.165) is 0 Å². The Balaban J connectivity index is 1.89. The quantitative estimate of drug-likeness (QED) is 0.568. The number of amides is 1. The van der Waals surface area contributed by atoms with Crippen molar-refractivity contribution in [3.63, 3.8) is 0 Å². The number of carbonyl (C=O) groups is 1. The van der Waals surface area contributed by atoms with Crippen LogP contribution in [0, 0.1) is 17.5 Å². The van der Waals surface area contributed by atoms with E-state index in [9.17, 15) is 26.4 Å². The average molecular weight is 436 g/mol. The van der Waals surface area contributed by atoms with Crippen LogP contribution in [-0.4, -0.2) is 21.4 Å². The van der Waals surface area contributed by atoms with Gasteiger partial charge >= 0.3 is 0 Å². The van der Waals surface area contributed by atoms with Crippen LogP contribution in [0.15, 0.2) is 65.6 Å². The molecule has 0 heterocycles. The third kappa shape index (κ3) is 4.38. The molecule has 0 radical (unpaired) electrons. The number of methoxy groups -OCH3 is 1. The van der Waals surface area contributed by atoms with Gasteiger partial charge in [-0.15, -0.1) is 0 Å². The van der Waals surface area contributed by atoms with E-state index in [0.29, 0.717) is 23.6 Å². The summed E-state index contributed by atoms with van der Waals surface area (Å²) < 4.78 is 72.6. The first-order chi connectivity index (χ1) is 14.2. The second kappa shape index (κ2) is 8.46. The summed E-state index contributed by atoms with van der Waals surface area (Å²) in [5.74, 6) is -5.37. The average Bonchev–Trinajstić information content (AvgIpc) is 2.72. The molecule has 0 bridgehead atoms. The van der Waals surface area contributed by atoms with Crippen molar-refractivity contribution in [2.45, 2.75) is 4.90 Å². The van der Waals surface area contributed by atoms with E-state index in [1.165, 1.54) is 31.4 Å². The first-order valence-corrected chi connectivity index (χ1v) is 9.92. The lowest BCUT2D eigenvalue weighted by molar-refractivity contribution is 0.102. The van der Waals surface area contributed by atoms with Crippen LogP contribution in [-0.2, 0) is 10.0 Å². The molecule has 30 heavy (non-hydrogen) atoms. The van der Waals surface area contributed by atoms with Crippen molar-refractivity contribution >= 4 is 27.3 Å². The standard InChI is InChI=1S/C20H15F3N2O4S/c1-29-13-8-6-12(7-9-13)24-20(26)14-4-2-3-5-16(14)25-30(27,28)17-11-10-15(21)18(22)19(17)23/h2-11,25H,1H3,(H,24,26). The molecule has 0 spiro atoms. The first kappa shape index (κ1) is 21.2. The SMILES string of the molecule is COc1ccc(NC(=O)c2ccccc2NS(=O)(=O)c2ccc(F)c(F)c2F)cc1. The van der Waals surface area contributed by atoms with Crippen LogP contribution in [0.4, 0.5) is 24.5 Å². The van der Waals surface area contributed by atoms with Crippen LogP contribution in [0.1, 0.15) is 10.4 Å². The monoisotopic (exact) mass is 436 g/mol. The van der Waals surface area contributed by atoms with Gasteiger partial charge in [-0.25, -0.2) is 21.6 Å². The van der Waals surface area contributed by atoms with Crippen molar-refractivity contribution < 1.29 is 31.1 Å². The van der Waals surface area contributed by atoms with E-state index in [-0.39, 0.29) is 11.3 Å². The Bertz CT molecular complexity index is 1200. The van der Waals surface area contributed by atoms with Gasteiger partial charge in [0.25, 0.3) is 15.9 Å². The molecule has 0 saturated carbocycles. The Morgan fingerprint density at radius 2 is 1.57 bits per heavy atom. The van der Waals surface area contributed by atoms with Crippen LogP contribution in [0.3, 0.4) is 0 Å². The number of hydrogen-bond donors (Lipinski definition) is 2. The number of hydrogen-bond acceptors (Lipinski definition) is 4. The fourth-order valence-electron chi connectivity index (χ4n) is 2.56. The highest BCUT2D eigenvalue weighted by atomic mass is 32.2. The molecule has 3 aromatic carbocycles. The normalized spacial score (nSPS) is 11.1. The highest BCUT2D eigenvalue weighted by molar-refractivity contribution is 7.92. The van der Waals surface area contributed by atoms with Crippen molar-refractivity contribution in [2.75, 3.05) is 17.1 Å². The number of benzene rings is 3. The summed E-state index contributed by atoms with van der Waals surface area (Å²) in [4.78, 5) is 11.5. The molecular formula is C20H15F3N2O4S. The smallest absolute Gasteiger partial charge is 0.264 e. The molecule has 3 aromatic rings. The predicted octanol–water partition coefficient (Wildman–Crippen LogP) is 4.17. The summed E-state index contributed by atoms with van der Waals surface area (Å²) in [7, 11) is -3.16. The molecule has 0 aliphatic carbocycles. The van der Waals surface area contributed by atoms with Gasteiger partial charge in [-0.1, -0.05) is 12.1 Å². The second-order valence-corrected chi connectivity index (χ2v) is 7.66. The molecule has 0 aromatic heterocycles. The minimum Gasteiger partial charge on any atom is -0.497 e. The van der Waals surface area contributed by atoms with Gasteiger partial charge in [0.15, 0.2) is 17.5 Å². The van der Waals surface area contributed by atoms with Crippen LogP contribution in [0.5, 0.6) is 5.75 Å². The number of para-hydroxylation sites is 1. The summed E-state index contributed by atoms with van der Waals surface area (Å²) in [6.45, 7) is 0. The van der Waals surface area contributed by atoms with Crippen molar-refractivity contribution in [2.24, 2.45) is 0 Å². The lowest BCUT2D eigenvalue weighted by Gasteiger charge is -2.13. The zero-order chi connectivity index (χ0) is 21.9. The lowest BCUT2D eigenvalue weighted by Crippen LogP contribution is -2.20. The van der Waals surface area contributed by atoms with Gasteiger partial charge in [-0.2, -0.15) is 0 Å². The van der Waals surface area contributed by atoms with Crippen LogP contribution >= 0.6 is 0 Å². The minimum absolute atomic E-state index is 0.0696. The van der Waals surface area contributed by atoms with Gasteiger partial charge in [0.05, 0.1) is 18.4 Å². The van der Waals surface area contributed by atoms with Crippen LogP contribution in [0.25, 0.3) is 0 Å². The van der Waals surface area contributed by atoms with Crippen molar-refractivity contribution in [1.82, 2.24) is 0 Å². The molecular weight excluding hydrogens is 421 g/mol. The summed E-state index contributed by atoms with van der Waals surface area (Å²) in [5.41, 5.74) is 0.178. The van der Waals surface area contributed by atoms with Crippen molar-refractivity contribution in [3.8, 4) is 5.75 Å². The number of sulfonamides is 1. The molecule has 0 aliphatic rings. The number of carbonyl (C=O) groups excluding carboxylic acids is 1. The molecule has 1 amide bonds. The molecule has 6 nitrogen and oxygen atoms in total. The Morgan fingerprint density at radius 3 is 2.23 bits per heavy atom. The van der Waals surface area contributed by atoms with Crippen molar-refractivity contribution in [1.29, 1.82) is 0 Å². The maximum Gasteiger partial charge on any atom is 0.264 e. The summed E-state index contributed by atoms with van der Waals surface area (Å²) in [5, 5.41) is 2.59. The molecule has 156 valence electrons. The Morgan fingerprint density at radius 1 is 0.900 bits per heavy atom. The van der Waals surface area contributed by atoms with Gasteiger partial charge in [0, 0.05) is 5.69 Å². The number of ether oxygens (including phenoxy) is 1. The largest absolute Gasteiger partial charge is 0.497 e. The zero-order valence-corrected chi connectivity index (χ0v) is 16.3. The van der Waals surface area contributed by atoms with Gasteiger partial charge in [-0.05, 0) is 48.5 Å². The van der Waals surface area contributed by atoms with E-state index in [4.69, 9.17) is 4.74 Å². The number of rotatable bonds is 6. The minimum atomic E-state index is -4.65. The van der Waals surface area contributed by atoms with Gasteiger partial charge in [-0.3, -0.25) is 9.52 Å². The second-order valence-electron chi connectivity index (χ2n) is 6.01. The maximum atomic E-state index is 13.9. The zero-order valence-electron chi connectivity index (χ0n) is 15.4. The fourth-order valence-corrected chi connectivity index (χ4v) is 3.71. The molecule has 10 heteroatoms. The van der Waals surface area contributed by atoms with E-state index in [2.05, 4.69) is 5.32 Å². The Labute approximate surface area is 170 Å². The van der Waals surface area contributed by atoms with Gasteiger partial charge < -0.3 is 10.1 Å². The molecule has 0 unspecified atom stereocenters. The van der Waals surface area contributed by atoms with Crippen LogP contribution < -0.4 is 14.8 Å². The van der Waals surface area contributed by atoms with E-state index >= 15 is 0 Å². The summed E-state index contributed by atoms with van der Waals surface area (Å²) in [6, 6.07) is 13.1. The van der Waals surface area contributed by atoms with E-state index < -0.39 is 38.3 Å². The topological polar surface area (TPSA) is 84.5 Å². The molecule has 0 atom stereocenters. The maximum absolute atomic E-state index is 13.9. The summed E-state index contributed by atoms with van der Waals surface area (Å²) in [6.07, 6.45) is 0. The molecule has 0 fully saturated rings. The van der Waals surface area contributed by atoms with Crippen LogP contribution in [0.2, 0.25) is 0 Å². The van der Waals surface area contributed by atoms with E-state index in [1.54, 1.807) is 24.3 Å².